The Bertz CT molecular complexity index is 910. The van der Waals surface area contributed by atoms with E-state index in [4.69, 9.17) is 4.74 Å². The number of halogens is 1. The van der Waals surface area contributed by atoms with Crippen molar-refractivity contribution < 1.29 is 42.8 Å². The van der Waals surface area contributed by atoms with Crippen LogP contribution in [-0.2, 0) is 9.53 Å². The van der Waals surface area contributed by atoms with Crippen LogP contribution in [0.2, 0.25) is 0 Å². The molecule has 0 fully saturated rings. The summed E-state index contributed by atoms with van der Waals surface area (Å²) >= 11 is 0. The van der Waals surface area contributed by atoms with Gasteiger partial charge in [-0.1, -0.05) is 62.4 Å². The summed E-state index contributed by atoms with van der Waals surface area (Å²) in [6.07, 6.45) is -0.000280. The molecule has 2 aromatic rings. The van der Waals surface area contributed by atoms with E-state index in [1.165, 1.54) is 22.3 Å². The molecule has 2 amide bonds. The first-order valence-corrected chi connectivity index (χ1v) is 11.4. The molecule has 1 atom stereocenters. The smallest absolute Gasteiger partial charge is 0.407 e. The van der Waals surface area contributed by atoms with Gasteiger partial charge in [0.1, 0.15) is 12.6 Å². The van der Waals surface area contributed by atoms with Crippen LogP contribution in [0.15, 0.2) is 48.5 Å². The Hall–Kier alpha value is -2.13. The second-order valence-electron chi connectivity index (χ2n) is 9.96. The van der Waals surface area contributed by atoms with Gasteiger partial charge in [0.2, 0.25) is 5.91 Å². The van der Waals surface area contributed by atoms with E-state index in [1.54, 1.807) is 0 Å². The monoisotopic (exact) mass is 565 g/mol. The minimum Gasteiger partial charge on any atom is -1.00 e. The lowest BCUT2D eigenvalue weighted by Gasteiger charge is -2.25. The number of carbonyl (C=O) groups is 2. The van der Waals surface area contributed by atoms with Gasteiger partial charge in [0, 0.05) is 5.92 Å². The summed E-state index contributed by atoms with van der Waals surface area (Å²) in [5.74, 6) is 0.0915. The number of hydrogen-bond acceptors (Lipinski definition) is 3. The van der Waals surface area contributed by atoms with Crippen LogP contribution >= 0.6 is 0 Å². The molecule has 0 saturated heterocycles. The average molecular weight is 565 g/mol. The molecule has 6 nitrogen and oxygen atoms in total. The molecule has 2 N–H and O–H groups in total. The molecule has 2 aromatic carbocycles. The van der Waals surface area contributed by atoms with Gasteiger partial charge >= 0.3 is 6.09 Å². The van der Waals surface area contributed by atoms with Crippen LogP contribution < -0.4 is 34.6 Å². The molecular weight excluding hydrogens is 529 g/mol. The Morgan fingerprint density at radius 2 is 1.52 bits per heavy atom. The summed E-state index contributed by atoms with van der Waals surface area (Å²) in [7, 11) is 6.23. The van der Waals surface area contributed by atoms with E-state index in [0.29, 0.717) is 13.0 Å². The third-order valence-corrected chi connectivity index (χ3v) is 5.74. The molecule has 1 aliphatic rings. The maximum Gasteiger partial charge on any atom is 0.407 e. The molecule has 0 aromatic heterocycles. The number of benzene rings is 2. The van der Waals surface area contributed by atoms with E-state index in [9.17, 15) is 9.59 Å². The van der Waals surface area contributed by atoms with Crippen molar-refractivity contribution in [2.75, 3.05) is 40.8 Å². The summed E-state index contributed by atoms with van der Waals surface area (Å²) in [5, 5.41) is 5.74. The zero-order valence-corrected chi connectivity index (χ0v) is 22.4. The largest absolute Gasteiger partial charge is 1.00 e. The molecule has 33 heavy (non-hydrogen) atoms. The maximum atomic E-state index is 12.7. The molecule has 0 aliphatic heterocycles. The number of nitrogens with one attached hydrogen (secondary N) is 2. The summed E-state index contributed by atoms with van der Waals surface area (Å²) in [4.78, 5) is 25.3. The topological polar surface area (TPSA) is 67.4 Å². The van der Waals surface area contributed by atoms with Crippen LogP contribution in [0.1, 0.15) is 37.3 Å². The summed E-state index contributed by atoms with van der Waals surface area (Å²) in [5.41, 5.74) is 4.70. The summed E-state index contributed by atoms with van der Waals surface area (Å²) in [6.45, 7) is 5.67. The minimum absolute atomic E-state index is 0. The van der Waals surface area contributed by atoms with Gasteiger partial charge in [-0.3, -0.25) is 4.79 Å². The van der Waals surface area contributed by atoms with Crippen LogP contribution in [0.3, 0.4) is 0 Å². The quantitative estimate of drug-likeness (QED) is 0.349. The number of hydrogen-bond donors (Lipinski definition) is 2. The van der Waals surface area contributed by atoms with Gasteiger partial charge in [-0.25, -0.2) is 4.79 Å². The van der Waals surface area contributed by atoms with Crippen molar-refractivity contribution in [3.8, 4) is 11.1 Å². The fourth-order valence-electron chi connectivity index (χ4n) is 4.12. The van der Waals surface area contributed by atoms with E-state index in [0.717, 1.165) is 11.0 Å². The van der Waals surface area contributed by atoms with Gasteiger partial charge in [0.25, 0.3) is 0 Å². The third kappa shape index (κ3) is 7.43. The summed E-state index contributed by atoms with van der Waals surface area (Å²) < 4.78 is 6.39. The normalized spacial score (nSPS) is 13.5. The van der Waals surface area contributed by atoms with Crippen molar-refractivity contribution in [2.45, 2.75) is 32.2 Å². The molecule has 0 radical (unpaired) electrons. The van der Waals surface area contributed by atoms with Crippen molar-refractivity contribution >= 4 is 12.0 Å². The highest BCUT2D eigenvalue weighted by Crippen LogP contribution is 2.44. The number of rotatable bonds is 9. The standard InChI is InChI=1S/C26H35N3O3.HI/c1-18(2)16-24(25(30)27-14-15-29(3,4)5)28-26(31)32-17-23-21-12-8-6-10-19(21)20-11-7-9-13-22(20)23;/h6-13,18,23-24H,14-17H2,1-5H3,(H-,27,28,30,31);1H/t24-;/m0./s1. The van der Waals surface area contributed by atoms with Crippen molar-refractivity contribution in [3.05, 3.63) is 59.7 Å². The average Bonchev–Trinajstić information content (AvgIpc) is 3.04. The lowest BCUT2D eigenvalue weighted by Crippen LogP contribution is -3.00. The van der Waals surface area contributed by atoms with Gasteiger partial charge in [-0.15, -0.1) is 0 Å². The lowest BCUT2D eigenvalue weighted by molar-refractivity contribution is -0.869. The number of carbonyl (C=O) groups excluding carboxylic acids is 2. The number of ether oxygens (including phenoxy) is 1. The first-order valence-electron chi connectivity index (χ1n) is 11.4. The van der Waals surface area contributed by atoms with Crippen LogP contribution in [0.4, 0.5) is 4.79 Å². The number of likely N-dealkylation sites (N-methyl/N-ethyl adjacent to an activating group) is 1. The highest BCUT2D eigenvalue weighted by atomic mass is 127. The van der Waals surface area contributed by atoms with Crippen molar-refractivity contribution in [1.82, 2.24) is 10.6 Å². The van der Waals surface area contributed by atoms with Crippen LogP contribution in [0, 0.1) is 5.92 Å². The number of alkyl carbamates (subject to hydrolysis) is 1. The van der Waals surface area contributed by atoms with Gasteiger partial charge in [-0.05, 0) is 34.6 Å². The van der Waals surface area contributed by atoms with Gasteiger partial charge in [-0.2, -0.15) is 0 Å². The van der Waals surface area contributed by atoms with Gasteiger partial charge < -0.3 is 43.8 Å². The highest BCUT2D eigenvalue weighted by molar-refractivity contribution is 5.85. The molecule has 0 saturated carbocycles. The zero-order chi connectivity index (χ0) is 23.3. The molecular formula is C26H36IN3O3. The van der Waals surface area contributed by atoms with E-state index in [-0.39, 0.29) is 48.3 Å². The second-order valence-corrected chi connectivity index (χ2v) is 9.96. The molecule has 3 rings (SSSR count). The fraction of sp³-hybridized carbons (Fsp3) is 0.462. The third-order valence-electron chi connectivity index (χ3n) is 5.74. The molecule has 180 valence electrons. The predicted octanol–water partition coefficient (Wildman–Crippen LogP) is 0.766. The highest BCUT2D eigenvalue weighted by Gasteiger charge is 2.30. The van der Waals surface area contributed by atoms with Gasteiger partial charge in [0.05, 0.1) is 34.2 Å². The Balaban J connectivity index is 0.00000385. The molecule has 0 bridgehead atoms. The van der Waals surface area contributed by atoms with Crippen LogP contribution in [0.5, 0.6) is 0 Å². The summed E-state index contributed by atoms with van der Waals surface area (Å²) in [6, 6.07) is 15.8. The number of fused-ring (bicyclic) bond motifs is 3. The Morgan fingerprint density at radius 1 is 0.970 bits per heavy atom. The Labute approximate surface area is 214 Å². The van der Waals surface area contributed by atoms with E-state index in [2.05, 4.69) is 56.0 Å². The minimum atomic E-state index is -0.613. The molecule has 7 heteroatoms. The number of quaternary nitrogens is 1. The Kier molecular flexibility index (Phi) is 9.72. The van der Waals surface area contributed by atoms with Crippen LogP contribution in [0.25, 0.3) is 11.1 Å². The number of amides is 2. The van der Waals surface area contributed by atoms with Crippen LogP contribution in [-0.4, -0.2) is 63.4 Å². The van der Waals surface area contributed by atoms with E-state index >= 15 is 0 Å². The number of nitrogens with zero attached hydrogens (tertiary/aromatic N) is 1. The molecule has 0 heterocycles. The first kappa shape index (κ1) is 27.1. The Morgan fingerprint density at radius 3 is 2.03 bits per heavy atom. The van der Waals surface area contributed by atoms with Crippen molar-refractivity contribution in [1.29, 1.82) is 0 Å². The zero-order valence-electron chi connectivity index (χ0n) is 20.2. The van der Waals surface area contributed by atoms with E-state index in [1.807, 2.05) is 38.1 Å². The molecule has 1 aliphatic carbocycles. The van der Waals surface area contributed by atoms with Crippen molar-refractivity contribution in [3.63, 3.8) is 0 Å². The molecule has 0 spiro atoms. The fourth-order valence-corrected chi connectivity index (χ4v) is 4.12. The first-order chi connectivity index (χ1) is 15.2. The SMILES string of the molecule is CC(C)C[C@H](NC(=O)OCC1c2ccccc2-c2ccccc21)C(=O)NCC[N+](C)(C)C.[I-]. The van der Waals surface area contributed by atoms with Crippen molar-refractivity contribution in [2.24, 2.45) is 5.92 Å². The van der Waals surface area contributed by atoms with E-state index < -0.39 is 12.1 Å². The molecule has 0 unspecified atom stereocenters. The lowest BCUT2D eigenvalue weighted by atomic mass is 9.98. The second kappa shape index (κ2) is 11.8. The maximum absolute atomic E-state index is 12.7. The van der Waals surface area contributed by atoms with Gasteiger partial charge in [0.15, 0.2) is 0 Å². The predicted molar refractivity (Wildman–Crippen MR) is 127 cm³/mol.